The van der Waals surface area contributed by atoms with Crippen molar-refractivity contribution in [3.63, 3.8) is 0 Å². The van der Waals surface area contributed by atoms with Gasteiger partial charge in [-0.1, -0.05) is 12.1 Å². The molecule has 1 rings (SSSR count). The Kier molecular flexibility index (Phi) is 6.67. The second-order valence-electron chi connectivity index (χ2n) is 2.67. The smallest absolute Gasteiger partial charge is 0.0449 e. The van der Waals surface area contributed by atoms with Crippen LogP contribution in [-0.4, -0.2) is 11.7 Å². The van der Waals surface area contributed by atoms with Crippen LogP contribution in [-0.2, 0) is 0 Å². The average Bonchev–Trinajstić information content (AvgIpc) is 2.06. The van der Waals surface area contributed by atoms with Gasteiger partial charge in [0.1, 0.15) is 0 Å². The maximum absolute atomic E-state index is 8.67. The van der Waals surface area contributed by atoms with E-state index < -0.39 is 0 Å². The van der Waals surface area contributed by atoms with Crippen LogP contribution in [0.5, 0.6) is 0 Å². The minimum Gasteiger partial charge on any atom is -0.396 e. The highest BCUT2D eigenvalue weighted by atomic mass is 127. The maximum Gasteiger partial charge on any atom is 0.0449 e. The zero-order valence-corrected chi connectivity index (χ0v) is 10.1. The van der Waals surface area contributed by atoms with Gasteiger partial charge in [0.25, 0.3) is 0 Å². The predicted molar refractivity (Wildman–Crippen MR) is 65.0 cm³/mol. The number of hydrogen-bond donors (Lipinski definition) is 2. The van der Waals surface area contributed by atoms with E-state index in [1.54, 1.807) is 0 Å². The topological polar surface area (TPSA) is 46.2 Å². The molecule has 3 N–H and O–H groups in total. The molecule has 13 heavy (non-hydrogen) atoms. The highest BCUT2D eigenvalue weighted by Gasteiger charge is 2.03. The Morgan fingerprint density at radius 3 is 2.31 bits per heavy atom. The van der Waals surface area contributed by atoms with Gasteiger partial charge in [-0.3, -0.25) is 0 Å². The van der Waals surface area contributed by atoms with Gasteiger partial charge in [-0.25, -0.2) is 0 Å². The van der Waals surface area contributed by atoms with E-state index in [-0.39, 0.29) is 25.1 Å². The lowest BCUT2D eigenvalue weighted by Crippen LogP contribution is -2.11. The van der Waals surface area contributed by atoms with Gasteiger partial charge >= 0.3 is 0 Å². The summed E-state index contributed by atoms with van der Waals surface area (Å²) in [6.07, 6.45) is 0.626. The Labute approximate surface area is 98.1 Å². The first-order chi connectivity index (χ1) is 5.74. The fourth-order valence-electron chi connectivity index (χ4n) is 1.02. The van der Waals surface area contributed by atoms with Crippen LogP contribution in [0.4, 0.5) is 0 Å². The summed E-state index contributed by atoms with van der Waals surface area (Å²) in [5, 5.41) is 8.67. The second-order valence-corrected chi connectivity index (χ2v) is 3.92. The van der Waals surface area contributed by atoms with Crippen LogP contribution in [0, 0.1) is 3.57 Å². The molecular weight excluding hydrogens is 300 g/mol. The van der Waals surface area contributed by atoms with E-state index in [4.69, 9.17) is 10.8 Å². The molecule has 0 amide bonds. The largest absolute Gasteiger partial charge is 0.396 e. The average molecular weight is 314 g/mol. The molecule has 1 aromatic rings. The van der Waals surface area contributed by atoms with Crippen LogP contribution in [0.25, 0.3) is 0 Å². The Balaban J connectivity index is 0.00000144. The number of halogens is 2. The molecule has 0 heterocycles. The molecule has 0 fully saturated rings. The van der Waals surface area contributed by atoms with Crippen molar-refractivity contribution in [2.45, 2.75) is 12.5 Å². The molecule has 0 aliphatic carbocycles. The number of aliphatic hydroxyl groups excluding tert-OH is 1. The van der Waals surface area contributed by atoms with Crippen molar-refractivity contribution >= 4 is 35.0 Å². The fourth-order valence-corrected chi connectivity index (χ4v) is 1.38. The standard InChI is InChI=1S/C9H12INO.ClH/c10-8-3-1-7(2-4-8)9(11)5-6-12;/h1-4,9,12H,5-6,11H2;1H/t9-;/m0./s1. The third-order valence-electron chi connectivity index (χ3n) is 1.74. The van der Waals surface area contributed by atoms with Crippen LogP contribution < -0.4 is 5.73 Å². The molecule has 74 valence electrons. The molecule has 4 heteroatoms. The van der Waals surface area contributed by atoms with Crippen LogP contribution in [0.2, 0.25) is 0 Å². The molecule has 1 aromatic carbocycles. The lowest BCUT2D eigenvalue weighted by Gasteiger charge is -2.09. The summed E-state index contributed by atoms with van der Waals surface area (Å²) in [7, 11) is 0. The molecule has 0 aromatic heterocycles. The molecule has 0 spiro atoms. The van der Waals surface area contributed by atoms with Crippen molar-refractivity contribution in [3.05, 3.63) is 33.4 Å². The van der Waals surface area contributed by atoms with E-state index in [2.05, 4.69) is 22.6 Å². The molecule has 1 atom stereocenters. The third kappa shape index (κ3) is 4.26. The highest BCUT2D eigenvalue weighted by Crippen LogP contribution is 2.14. The van der Waals surface area contributed by atoms with Crippen molar-refractivity contribution in [3.8, 4) is 0 Å². The van der Waals surface area contributed by atoms with E-state index in [1.165, 1.54) is 3.57 Å². The summed E-state index contributed by atoms with van der Waals surface area (Å²) in [5.74, 6) is 0. The Hall–Kier alpha value is 0.160. The van der Waals surface area contributed by atoms with E-state index in [0.717, 1.165) is 5.56 Å². The molecule has 0 aliphatic heterocycles. The van der Waals surface area contributed by atoms with Crippen molar-refractivity contribution in [1.29, 1.82) is 0 Å². The number of hydrogen-bond acceptors (Lipinski definition) is 2. The quantitative estimate of drug-likeness (QED) is 0.840. The normalized spacial score (nSPS) is 11.9. The predicted octanol–water partition coefficient (Wildman–Crippen LogP) is 2.10. The number of benzene rings is 1. The molecule has 0 radical (unpaired) electrons. The van der Waals surface area contributed by atoms with Gasteiger partial charge in [0.2, 0.25) is 0 Å². The van der Waals surface area contributed by atoms with Gasteiger partial charge in [-0.2, -0.15) is 0 Å². The van der Waals surface area contributed by atoms with E-state index in [0.29, 0.717) is 6.42 Å². The number of aliphatic hydroxyl groups is 1. The molecule has 0 unspecified atom stereocenters. The fraction of sp³-hybridized carbons (Fsp3) is 0.333. The second kappa shape index (κ2) is 6.59. The summed E-state index contributed by atoms with van der Waals surface area (Å²) in [6, 6.07) is 8.01. The summed E-state index contributed by atoms with van der Waals surface area (Å²) in [6.45, 7) is 0.146. The molecular formula is C9H13ClINO. The lowest BCUT2D eigenvalue weighted by atomic mass is 10.1. The lowest BCUT2D eigenvalue weighted by molar-refractivity contribution is 0.276. The van der Waals surface area contributed by atoms with Crippen molar-refractivity contribution in [1.82, 2.24) is 0 Å². The van der Waals surface area contributed by atoms with E-state index in [1.807, 2.05) is 24.3 Å². The summed E-state index contributed by atoms with van der Waals surface area (Å²) >= 11 is 2.25. The Morgan fingerprint density at radius 1 is 1.31 bits per heavy atom. The third-order valence-corrected chi connectivity index (χ3v) is 2.46. The molecule has 2 nitrogen and oxygen atoms in total. The first-order valence-corrected chi connectivity index (χ1v) is 4.94. The SMILES string of the molecule is Cl.N[C@@H](CCO)c1ccc(I)cc1. The summed E-state index contributed by atoms with van der Waals surface area (Å²) in [4.78, 5) is 0. The van der Waals surface area contributed by atoms with Gasteiger partial charge < -0.3 is 10.8 Å². The van der Waals surface area contributed by atoms with Crippen LogP contribution >= 0.6 is 35.0 Å². The first kappa shape index (κ1) is 13.2. The van der Waals surface area contributed by atoms with Crippen molar-refractivity contribution in [2.75, 3.05) is 6.61 Å². The van der Waals surface area contributed by atoms with Crippen molar-refractivity contribution < 1.29 is 5.11 Å². The Morgan fingerprint density at radius 2 is 1.85 bits per heavy atom. The number of rotatable bonds is 3. The van der Waals surface area contributed by atoms with E-state index >= 15 is 0 Å². The van der Waals surface area contributed by atoms with Gasteiger partial charge in [0, 0.05) is 16.2 Å². The van der Waals surface area contributed by atoms with Gasteiger partial charge in [0.05, 0.1) is 0 Å². The first-order valence-electron chi connectivity index (χ1n) is 3.86. The summed E-state index contributed by atoms with van der Waals surface area (Å²) < 4.78 is 1.20. The Bertz CT molecular complexity index is 240. The van der Waals surface area contributed by atoms with Gasteiger partial charge in [-0.05, 0) is 46.7 Å². The van der Waals surface area contributed by atoms with Gasteiger partial charge in [0.15, 0.2) is 0 Å². The van der Waals surface area contributed by atoms with E-state index in [9.17, 15) is 0 Å². The molecule has 0 bridgehead atoms. The number of nitrogens with two attached hydrogens (primary N) is 1. The summed E-state index contributed by atoms with van der Waals surface area (Å²) in [5.41, 5.74) is 6.88. The zero-order chi connectivity index (χ0) is 8.97. The molecule has 0 saturated heterocycles. The van der Waals surface area contributed by atoms with Gasteiger partial charge in [-0.15, -0.1) is 12.4 Å². The molecule has 0 aliphatic rings. The minimum absolute atomic E-state index is 0. The zero-order valence-electron chi connectivity index (χ0n) is 7.11. The van der Waals surface area contributed by atoms with Crippen LogP contribution in [0.1, 0.15) is 18.0 Å². The van der Waals surface area contributed by atoms with Crippen molar-refractivity contribution in [2.24, 2.45) is 5.73 Å². The van der Waals surface area contributed by atoms with Crippen LogP contribution in [0.3, 0.4) is 0 Å². The highest BCUT2D eigenvalue weighted by molar-refractivity contribution is 14.1. The molecule has 0 saturated carbocycles. The maximum atomic E-state index is 8.67. The monoisotopic (exact) mass is 313 g/mol. The van der Waals surface area contributed by atoms with Crippen LogP contribution in [0.15, 0.2) is 24.3 Å². The minimum atomic E-state index is -0.0352.